The van der Waals surface area contributed by atoms with Gasteiger partial charge in [0.05, 0.1) is 12.1 Å². The lowest BCUT2D eigenvalue weighted by atomic mass is 9.88. The normalized spacial score (nSPS) is 17.2. The van der Waals surface area contributed by atoms with E-state index in [-0.39, 0.29) is 12.2 Å². The van der Waals surface area contributed by atoms with E-state index in [1.54, 1.807) is 12.2 Å². The lowest BCUT2D eigenvalue weighted by molar-refractivity contribution is -0.136. The minimum absolute atomic E-state index is 0.0737. The van der Waals surface area contributed by atoms with Crippen molar-refractivity contribution < 1.29 is 15.0 Å². The average molecular weight is 414 g/mol. The van der Waals surface area contributed by atoms with E-state index in [0.717, 1.165) is 41.3 Å². The Bertz CT molecular complexity index is 835. The molecule has 1 unspecified atom stereocenters. The highest BCUT2D eigenvalue weighted by Gasteiger charge is 2.12. The van der Waals surface area contributed by atoms with Gasteiger partial charge in [0.1, 0.15) is 5.76 Å². The first-order chi connectivity index (χ1) is 14.4. The summed E-state index contributed by atoms with van der Waals surface area (Å²) in [6.07, 6.45) is 18.0. The van der Waals surface area contributed by atoms with Crippen molar-refractivity contribution in [2.24, 2.45) is 11.8 Å². The maximum absolute atomic E-state index is 11.0. The third-order valence-electron chi connectivity index (χ3n) is 6.14. The van der Waals surface area contributed by atoms with Gasteiger partial charge in [0.2, 0.25) is 0 Å². The molecule has 166 valence electrons. The molecule has 0 spiro atoms. The summed E-state index contributed by atoms with van der Waals surface area (Å²) in [6.45, 7) is 6.65. The number of aliphatic hydroxyl groups excluding tert-OH is 1. The molecule has 1 heterocycles. The second-order valence-electron chi connectivity index (χ2n) is 8.86. The first-order valence-electron chi connectivity index (χ1n) is 11.7. The number of hydrogen-bond acceptors (Lipinski definition) is 3. The molecule has 0 saturated heterocycles. The van der Waals surface area contributed by atoms with Gasteiger partial charge in [-0.05, 0) is 48.1 Å². The quantitative estimate of drug-likeness (QED) is 0.655. The Morgan fingerprint density at radius 2 is 1.93 bits per heavy atom. The van der Waals surface area contributed by atoms with Crippen LogP contribution in [0.2, 0.25) is 0 Å². The number of aromatic nitrogens is 1. The van der Waals surface area contributed by atoms with E-state index >= 15 is 0 Å². The summed E-state index contributed by atoms with van der Waals surface area (Å²) in [5.74, 6) is 0.930. The van der Waals surface area contributed by atoms with E-state index in [2.05, 4.69) is 25.8 Å². The topological polar surface area (TPSA) is 70.4 Å². The van der Waals surface area contributed by atoms with Crippen LogP contribution in [0.3, 0.4) is 0 Å². The number of nitrogens with zero attached hydrogens (tertiary/aromatic N) is 1. The number of rotatable bonds is 7. The van der Waals surface area contributed by atoms with Crippen molar-refractivity contribution in [2.75, 3.05) is 0 Å². The van der Waals surface area contributed by atoms with Crippen LogP contribution in [0.15, 0.2) is 17.9 Å². The zero-order chi connectivity index (χ0) is 21.9. The molecule has 4 heteroatoms. The van der Waals surface area contributed by atoms with Crippen LogP contribution in [0.4, 0.5) is 0 Å². The molecule has 0 aromatic carbocycles. The largest absolute Gasteiger partial charge is 0.508 e. The van der Waals surface area contributed by atoms with Gasteiger partial charge in [-0.25, -0.2) is 0 Å². The number of allylic oxidation sites excluding steroid dienone is 2. The molecule has 1 aromatic rings. The number of aliphatic carboxylic acids is 1. The summed E-state index contributed by atoms with van der Waals surface area (Å²) < 4.78 is 0. The molecule has 1 aromatic heterocycles. The summed E-state index contributed by atoms with van der Waals surface area (Å²) >= 11 is 0. The third-order valence-corrected chi connectivity index (χ3v) is 6.14. The van der Waals surface area contributed by atoms with Gasteiger partial charge < -0.3 is 10.2 Å². The summed E-state index contributed by atoms with van der Waals surface area (Å²) in [5, 5.41) is 20.8. The van der Waals surface area contributed by atoms with Gasteiger partial charge in [-0.15, -0.1) is 0 Å². The van der Waals surface area contributed by atoms with Gasteiger partial charge in [0.25, 0.3) is 0 Å². The van der Waals surface area contributed by atoms with Crippen molar-refractivity contribution in [3.8, 4) is 0 Å². The molecular weight excluding hydrogens is 374 g/mol. The molecule has 2 aliphatic carbocycles. The van der Waals surface area contributed by atoms with Crippen LogP contribution in [0.5, 0.6) is 0 Å². The summed E-state index contributed by atoms with van der Waals surface area (Å²) in [7, 11) is 0. The van der Waals surface area contributed by atoms with E-state index in [0.29, 0.717) is 18.0 Å². The lowest BCUT2D eigenvalue weighted by Crippen LogP contribution is -2.32. The molecule has 2 N–H and O–H groups in total. The van der Waals surface area contributed by atoms with Crippen LogP contribution < -0.4 is 10.4 Å². The molecule has 0 amide bonds. The highest BCUT2D eigenvalue weighted by Crippen LogP contribution is 2.25. The maximum Gasteiger partial charge on any atom is 0.309 e. The minimum Gasteiger partial charge on any atom is -0.508 e. The van der Waals surface area contributed by atoms with Crippen LogP contribution >= 0.6 is 0 Å². The summed E-state index contributed by atoms with van der Waals surface area (Å²) in [6, 6.07) is 1.82. The number of pyridine rings is 1. The van der Waals surface area contributed by atoms with E-state index in [1.165, 1.54) is 38.5 Å². The average Bonchev–Trinajstić information content (AvgIpc) is 2.90. The highest BCUT2D eigenvalue weighted by molar-refractivity contribution is 5.69. The second-order valence-corrected chi connectivity index (χ2v) is 8.86. The summed E-state index contributed by atoms with van der Waals surface area (Å²) in [5.41, 5.74) is 1.46. The molecule has 2 aliphatic rings. The van der Waals surface area contributed by atoms with Crippen molar-refractivity contribution in [1.82, 2.24) is 4.98 Å². The van der Waals surface area contributed by atoms with Crippen LogP contribution in [0.1, 0.15) is 89.9 Å². The van der Waals surface area contributed by atoms with Crippen LogP contribution in [0.25, 0.3) is 12.2 Å². The molecule has 1 saturated carbocycles. The first-order valence-corrected chi connectivity index (χ1v) is 11.7. The molecule has 0 bridgehead atoms. The Balaban J connectivity index is 0.000000335. The zero-order valence-electron chi connectivity index (χ0n) is 19.0. The van der Waals surface area contributed by atoms with Gasteiger partial charge in [-0.2, -0.15) is 0 Å². The smallest absolute Gasteiger partial charge is 0.309 e. The molecule has 1 atom stereocenters. The SMILES string of the molecule is CCC1CCCCC1.CCCC(C)Cc1nc(CC(=O)O)cc2c1=CC(O)=CCC=2. The van der Waals surface area contributed by atoms with E-state index < -0.39 is 5.97 Å². The van der Waals surface area contributed by atoms with Crippen LogP contribution in [-0.2, 0) is 17.6 Å². The molecule has 30 heavy (non-hydrogen) atoms. The Morgan fingerprint density at radius 1 is 1.20 bits per heavy atom. The molecule has 4 nitrogen and oxygen atoms in total. The van der Waals surface area contributed by atoms with Crippen molar-refractivity contribution in [3.63, 3.8) is 0 Å². The Labute approximate surface area is 181 Å². The van der Waals surface area contributed by atoms with E-state index in [4.69, 9.17) is 5.11 Å². The minimum atomic E-state index is -0.876. The van der Waals surface area contributed by atoms with Gasteiger partial charge in [0, 0.05) is 10.9 Å². The van der Waals surface area contributed by atoms with Crippen molar-refractivity contribution in [3.05, 3.63) is 39.7 Å². The number of fused-ring (bicyclic) bond motifs is 1. The Morgan fingerprint density at radius 3 is 2.53 bits per heavy atom. The van der Waals surface area contributed by atoms with Gasteiger partial charge in [-0.1, -0.05) is 78.2 Å². The van der Waals surface area contributed by atoms with Gasteiger partial charge >= 0.3 is 5.97 Å². The highest BCUT2D eigenvalue weighted by atomic mass is 16.4. The third kappa shape index (κ3) is 7.97. The standard InChI is InChI=1S/C18H23NO3.C8H16/c1-3-5-12(2)8-17-16-11-15(20)7-4-6-13(16)9-14(19-17)10-18(21)22;1-2-8-6-4-3-5-7-8/h6-7,9,11-12,20H,3-5,8,10H2,1-2H3,(H,21,22);8H,2-7H2,1H3. The maximum atomic E-state index is 11.0. The fourth-order valence-electron chi connectivity index (χ4n) is 4.46. The number of hydrogen-bond donors (Lipinski definition) is 2. The van der Waals surface area contributed by atoms with E-state index in [1.807, 2.05) is 12.1 Å². The molecule has 0 aliphatic heterocycles. The first kappa shape index (κ1) is 24.2. The monoisotopic (exact) mass is 413 g/mol. The number of carboxylic acids is 1. The Hall–Kier alpha value is -2.10. The van der Waals surface area contributed by atoms with Crippen molar-refractivity contribution >= 4 is 18.1 Å². The molecular formula is C26H39NO3. The predicted octanol–water partition coefficient (Wildman–Crippen LogP) is 5.07. The molecule has 0 radical (unpaired) electrons. The fourth-order valence-corrected chi connectivity index (χ4v) is 4.46. The lowest BCUT2D eigenvalue weighted by Gasteiger charge is -2.18. The predicted molar refractivity (Wildman–Crippen MR) is 124 cm³/mol. The second kappa shape index (κ2) is 12.6. The van der Waals surface area contributed by atoms with E-state index in [9.17, 15) is 9.90 Å². The zero-order valence-corrected chi connectivity index (χ0v) is 19.0. The summed E-state index contributed by atoms with van der Waals surface area (Å²) in [4.78, 5) is 15.5. The number of aliphatic hydroxyl groups is 1. The van der Waals surface area contributed by atoms with Gasteiger partial charge in [-0.3, -0.25) is 9.78 Å². The molecule has 3 rings (SSSR count). The Kier molecular flexibility index (Phi) is 10.1. The van der Waals surface area contributed by atoms with Crippen molar-refractivity contribution in [1.29, 1.82) is 0 Å². The van der Waals surface area contributed by atoms with Gasteiger partial charge in [0.15, 0.2) is 0 Å². The number of carboxylic acid groups (broad SMARTS) is 1. The van der Waals surface area contributed by atoms with Crippen LogP contribution in [-0.4, -0.2) is 21.2 Å². The molecule has 1 fully saturated rings. The van der Waals surface area contributed by atoms with Crippen LogP contribution in [0, 0.1) is 11.8 Å². The fraction of sp³-hybridized carbons (Fsp3) is 0.615. The number of carbonyl (C=O) groups is 1. The van der Waals surface area contributed by atoms with Crippen molar-refractivity contribution in [2.45, 2.75) is 91.4 Å².